The van der Waals surface area contributed by atoms with Crippen molar-refractivity contribution in [3.63, 3.8) is 0 Å². The highest BCUT2D eigenvalue weighted by molar-refractivity contribution is 6.13. The maximum absolute atomic E-state index is 12.8. The number of carbonyl (C=O) groups is 4. The minimum absolute atomic E-state index is 0.207. The van der Waals surface area contributed by atoms with E-state index in [9.17, 15) is 19.2 Å². The van der Waals surface area contributed by atoms with E-state index in [4.69, 9.17) is 5.73 Å². The first kappa shape index (κ1) is 22.5. The fourth-order valence-electron chi connectivity index (χ4n) is 3.85. The van der Waals surface area contributed by atoms with Crippen LogP contribution in [-0.4, -0.2) is 53.7 Å². The van der Waals surface area contributed by atoms with Crippen LogP contribution in [0.25, 0.3) is 0 Å². The Hall–Kier alpha value is -1.80. The third-order valence-electron chi connectivity index (χ3n) is 5.47. The highest BCUT2D eigenvalue weighted by Crippen LogP contribution is 2.16. The smallest absolute Gasteiger partial charge is 0.253 e. The molecule has 2 aliphatic rings. The summed E-state index contributed by atoms with van der Waals surface area (Å²) in [6.45, 7) is 1.48. The summed E-state index contributed by atoms with van der Waals surface area (Å²) in [4.78, 5) is 49.9. The molecule has 0 spiro atoms. The maximum atomic E-state index is 12.8. The van der Waals surface area contributed by atoms with Gasteiger partial charge in [-0.15, -0.1) is 0 Å². The Labute approximate surface area is 167 Å². The fourth-order valence-corrected chi connectivity index (χ4v) is 3.85. The van der Waals surface area contributed by atoms with Crippen LogP contribution < -0.4 is 16.4 Å². The summed E-state index contributed by atoms with van der Waals surface area (Å²) in [7, 11) is 0. The molecule has 8 heteroatoms. The number of nitrogens with zero attached hydrogens (tertiary/aromatic N) is 1. The van der Waals surface area contributed by atoms with E-state index >= 15 is 0 Å². The normalized spacial score (nSPS) is 21.6. The molecule has 0 aliphatic carbocycles. The Morgan fingerprint density at radius 3 is 1.64 bits per heavy atom. The van der Waals surface area contributed by atoms with E-state index in [0.717, 1.165) is 62.9 Å². The number of imide groups is 3. The molecule has 0 aromatic rings. The molecule has 0 bridgehead atoms. The molecule has 2 heterocycles. The summed E-state index contributed by atoms with van der Waals surface area (Å²) in [6, 6.07) is -0.862. The van der Waals surface area contributed by atoms with Crippen LogP contribution in [0.5, 0.6) is 0 Å². The predicted octanol–water partition coefficient (Wildman–Crippen LogP) is 0.978. The second kappa shape index (κ2) is 11.9. The molecule has 2 fully saturated rings. The van der Waals surface area contributed by atoms with Gasteiger partial charge in [0.05, 0.1) is 12.1 Å². The molecule has 8 nitrogen and oxygen atoms in total. The lowest BCUT2D eigenvalue weighted by Crippen LogP contribution is -2.54. The second-order valence-electron chi connectivity index (χ2n) is 7.79. The average molecular weight is 395 g/mol. The average Bonchev–Trinajstić information content (AvgIpc) is 3.37. The standard InChI is InChI=1S/C20H34N4O4/c21-17(25)11-5-3-1-2-4-6-12-18(26)24(19(27)15-9-7-13-22-15)20(28)16-10-8-14-23-16/h15-16,22-23H,1-14H2,(H2,21,25)/t15-,16-/m0/s1. The molecule has 0 saturated carbocycles. The summed E-state index contributed by atoms with van der Waals surface area (Å²) in [5.41, 5.74) is 5.11. The third kappa shape index (κ3) is 6.98. The van der Waals surface area contributed by atoms with Crippen LogP contribution in [0.4, 0.5) is 0 Å². The van der Waals surface area contributed by atoms with Gasteiger partial charge < -0.3 is 16.4 Å². The van der Waals surface area contributed by atoms with Gasteiger partial charge in [0.1, 0.15) is 0 Å². The van der Waals surface area contributed by atoms with Crippen LogP contribution in [0.3, 0.4) is 0 Å². The SMILES string of the molecule is NC(=O)CCCCCCCCC(=O)N(C(=O)[C@@H]1CCCN1)C(=O)[C@@H]1CCCN1. The molecule has 4 amide bonds. The van der Waals surface area contributed by atoms with Crippen molar-refractivity contribution < 1.29 is 19.2 Å². The van der Waals surface area contributed by atoms with Crippen LogP contribution in [0.2, 0.25) is 0 Å². The molecule has 2 saturated heterocycles. The number of hydrogen-bond donors (Lipinski definition) is 3. The molecular weight excluding hydrogens is 360 g/mol. The molecular formula is C20H34N4O4. The Balaban J connectivity index is 1.79. The zero-order valence-electron chi connectivity index (χ0n) is 16.7. The Bertz CT molecular complexity index is 526. The first-order valence-corrected chi connectivity index (χ1v) is 10.7. The van der Waals surface area contributed by atoms with E-state index in [1.807, 2.05) is 0 Å². The van der Waals surface area contributed by atoms with Gasteiger partial charge in [-0.2, -0.15) is 0 Å². The Morgan fingerprint density at radius 2 is 1.21 bits per heavy atom. The van der Waals surface area contributed by atoms with E-state index in [1.165, 1.54) is 0 Å². The highest BCUT2D eigenvalue weighted by atomic mass is 16.2. The zero-order valence-corrected chi connectivity index (χ0v) is 16.7. The number of amides is 4. The molecule has 2 aliphatic heterocycles. The molecule has 4 N–H and O–H groups in total. The number of unbranched alkanes of at least 4 members (excludes halogenated alkanes) is 5. The van der Waals surface area contributed by atoms with E-state index in [0.29, 0.717) is 25.7 Å². The lowest BCUT2D eigenvalue weighted by Gasteiger charge is -2.25. The topological polar surface area (TPSA) is 122 Å². The summed E-state index contributed by atoms with van der Waals surface area (Å²) in [5.74, 6) is -1.44. The van der Waals surface area contributed by atoms with Gasteiger partial charge in [-0.1, -0.05) is 25.7 Å². The van der Waals surface area contributed by atoms with E-state index in [-0.39, 0.29) is 18.2 Å². The Morgan fingerprint density at radius 1 is 0.750 bits per heavy atom. The van der Waals surface area contributed by atoms with Crippen LogP contribution in [0, 0.1) is 0 Å². The van der Waals surface area contributed by atoms with Crippen molar-refractivity contribution in [2.75, 3.05) is 13.1 Å². The molecule has 28 heavy (non-hydrogen) atoms. The second-order valence-corrected chi connectivity index (χ2v) is 7.79. The van der Waals surface area contributed by atoms with E-state index in [2.05, 4.69) is 10.6 Å². The van der Waals surface area contributed by atoms with Crippen LogP contribution in [0.15, 0.2) is 0 Å². The van der Waals surface area contributed by atoms with Crippen LogP contribution >= 0.6 is 0 Å². The zero-order chi connectivity index (χ0) is 20.4. The van der Waals surface area contributed by atoms with Crippen molar-refractivity contribution in [1.82, 2.24) is 15.5 Å². The minimum atomic E-state index is -0.431. The quantitative estimate of drug-likeness (QED) is 0.355. The van der Waals surface area contributed by atoms with Crippen molar-refractivity contribution >= 4 is 23.6 Å². The number of primary amides is 1. The summed E-state index contributed by atoms with van der Waals surface area (Å²) >= 11 is 0. The number of hydrogen-bond acceptors (Lipinski definition) is 6. The van der Waals surface area contributed by atoms with Gasteiger partial charge in [0.15, 0.2) is 0 Å². The molecule has 2 atom stereocenters. The number of carbonyl (C=O) groups excluding carboxylic acids is 4. The van der Waals surface area contributed by atoms with Crippen molar-refractivity contribution in [2.24, 2.45) is 5.73 Å². The van der Waals surface area contributed by atoms with Gasteiger partial charge in [-0.25, -0.2) is 4.90 Å². The van der Waals surface area contributed by atoms with Crippen molar-refractivity contribution in [3.8, 4) is 0 Å². The minimum Gasteiger partial charge on any atom is -0.370 e. The summed E-state index contributed by atoms with van der Waals surface area (Å²) in [6.07, 6.45) is 8.93. The third-order valence-corrected chi connectivity index (χ3v) is 5.47. The van der Waals surface area contributed by atoms with Crippen molar-refractivity contribution in [3.05, 3.63) is 0 Å². The molecule has 2 rings (SSSR count). The summed E-state index contributed by atoms with van der Waals surface area (Å²) in [5, 5.41) is 6.18. The summed E-state index contributed by atoms with van der Waals surface area (Å²) < 4.78 is 0. The van der Waals surface area contributed by atoms with Gasteiger partial charge >= 0.3 is 0 Å². The van der Waals surface area contributed by atoms with E-state index in [1.54, 1.807) is 0 Å². The van der Waals surface area contributed by atoms with Gasteiger partial charge in [0.25, 0.3) is 11.8 Å². The largest absolute Gasteiger partial charge is 0.370 e. The number of rotatable bonds is 11. The lowest BCUT2D eigenvalue weighted by atomic mass is 10.1. The predicted molar refractivity (Wildman–Crippen MR) is 105 cm³/mol. The van der Waals surface area contributed by atoms with Crippen molar-refractivity contribution in [2.45, 2.75) is 89.1 Å². The highest BCUT2D eigenvalue weighted by Gasteiger charge is 2.38. The number of nitrogens with two attached hydrogens (primary N) is 1. The monoisotopic (exact) mass is 394 g/mol. The van der Waals surface area contributed by atoms with Gasteiger partial charge in [0, 0.05) is 12.8 Å². The Kier molecular flexibility index (Phi) is 9.57. The van der Waals surface area contributed by atoms with Gasteiger partial charge in [-0.3, -0.25) is 19.2 Å². The maximum Gasteiger partial charge on any atom is 0.253 e. The molecule has 0 aromatic carbocycles. The van der Waals surface area contributed by atoms with Gasteiger partial charge in [-0.05, 0) is 51.6 Å². The molecule has 158 valence electrons. The van der Waals surface area contributed by atoms with Crippen LogP contribution in [-0.2, 0) is 19.2 Å². The van der Waals surface area contributed by atoms with Gasteiger partial charge in [0.2, 0.25) is 11.8 Å². The fraction of sp³-hybridized carbons (Fsp3) is 0.800. The molecule has 0 unspecified atom stereocenters. The number of nitrogens with one attached hydrogen (secondary N) is 2. The first-order valence-electron chi connectivity index (χ1n) is 10.7. The molecule has 0 aromatic heterocycles. The molecule has 0 radical (unpaired) electrons. The van der Waals surface area contributed by atoms with Crippen LogP contribution in [0.1, 0.15) is 77.0 Å². The first-order chi connectivity index (χ1) is 13.5. The van der Waals surface area contributed by atoms with E-state index < -0.39 is 23.9 Å². The van der Waals surface area contributed by atoms with Crippen molar-refractivity contribution in [1.29, 1.82) is 0 Å². The lowest BCUT2D eigenvalue weighted by molar-refractivity contribution is -0.156.